The van der Waals surface area contributed by atoms with Gasteiger partial charge in [-0.25, -0.2) is 4.79 Å². The Kier molecular flexibility index (Phi) is 6.36. The Morgan fingerprint density at radius 2 is 1.86 bits per heavy atom. The molecule has 7 heteroatoms. The van der Waals surface area contributed by atoms with E-state index in [0.29, 0.717) is 11.6 Å². The Labute approximate surface area is 170 Å². The molecule has 0 saturated heterocycles. The lowest BCUT2D eigenvalue weighted by molar-refractivity contribution is -0.126. The zero-order chi connectivity index (χ0) is 21.0. The van der Waals surface area contributed by atoms with Gasteiger partial charge in [-0.15, -0.1) is 0 Å². The molecule has 3 rings (SSSR count). The molecule has 1 aromatic heterocycles. The van der Waals surface area contributed by atoms with Crippen molar-refractivity contribution in [2.24, 2.45) is 0 Å². The second kappa shape index (κ2) is 8.94. The number of hydrogen-bond donors (Lipinski definition) is 2. The Morgan fingerprint density at radius 3 is 2.55 bits per heavy atom. The summed E-state index contributed by atoms with van der Waals surface area (Å²) in [5.41, 5.74) is 4.11. The van der Waals surface area contributed by atoms with E-state index in [4.69, 9.17) is 4.74 Å². The van der Waals surface area contributed by atoms with E-state index in [-0.39, 0.29) is 12.5 Å². The lowest BCUT2D eigenvalue weighted by atomic mass is 10.1. The standard InChI is InChI=1S/C22H27N3O4/c1-4-16-7-5-6-8-19(16)24-20(26)12-23-21(27)13-29-22(28)18-11-14(2)25(15(18)3)17-9-10-17/h5-8,11,17H,4,9-10,12-13H2,1-3H3,(H,23,27)(H,24,26). The summed E-state index contributed by atoms with van der Waals surface area (Å²) in [7, 11) is 0. The molecule has 0 unspecified atom stereocenters. The molecule has 0 spiro atoms. The van der Waals surface area contributed by atoms with Crippen LogP contribution in [0.25, 0.3) is 0 Å². The fourth-order valence-corrected chi connectivity index (χ4v) is 3.46. The van der Waals surface area contributed by atoms with Gasteiger partial charge in [0, 0.05) is 23.1 Å². The highest BCUT2D eigenvalue weighted by Crippen LogP contribution is 2.38. The SMILES string of the molecule is CCc1ccccc1NC(=O)CNC(=O)COC(=O)c1cc(C)n(C2CC2)c1C. The number of ether oxygens (including phenoxy) is 1. The molecule has 2 N–H and O–H groups in total. The zero-order valence-corrected chi connectivity index (χ0v) is 17.1. The average Bonchev–Trinajstić information content (AvgIpc) is 3.49. The monoisotopic (exact) mass is 397 g/mol. The van der Waals surface area contributed by atoms with Crippen molar-refractivity contribution in [3.8, 4) is 0 Å². The number of para-hydroxylation sites is 1. The van der Waals surface area contributed by atoms with Crippen LogP contribution < -0.4 is 10.6 Å². The largest absolute Gasteiger partial charge is 0.452 e. The fourth-order valence-electron chi connectivity index (χ4n) is 3.46. The quantitative estimate of drug-likeness (QED) is 0.670. The smallest absolute Gasteiger partial charge is 0.340 e. The molecule has 1 aliphatic carbocycles. The number of rotatable bonds is 8. The molecule has 0 atom stereocenters. The Hall–Kier alpha value is -3.09. The molecule has 1 saturated carbocycles. The number of carbonyl (C=O) groups is 3. The predicted octanol–water partition coefficient (Wildman–Crippen LogP) is 2.91. The van der Waals surface area contributed by atoms with Gasteiger partial charge in [-0.05, 0) is 50.8 Å². The maximum atomic E-state index is 12.3. The van der Waals surface area contributed by atoms with Crippen LogP contribution in [0.5, 0.6) is 0 Å². The molecular formula is C22H27N3O4. The molecule has 29 heavy (non-hydrogen) atoms. The normalized spacial score (nSPS) is 13.1. The van der Waals surface area contributed by atoms with Gasteiger partial charge in [0.15, 0.2) is 6.61 Å². The minimum absolute atomic E-state index is 0.190. The van der Waals surface area contributed by atoms with Crippen molar-refractivity contribution in [1.82, 2.24) is 9.88 Å². The number of anilines is 1. The van der Waals surface area contributed by atoms with E-state index in [1.165, 1.54) is 0 Å². The van der Waals surface area contributed by atoms with E-state index in [0.717, 1.165) is 41.9 Å². The van der Waals surface area contributed by atoms with Crippen LogP contribution in [0.15, 0.2) is 30.3 Å². The molecule has 1 aliphatic rings. The van der Waals surface area contributed by atoms with Crippen LogP contribution in [0.2, 0.25) is 0 Å². The summed E-state index contributed by atoms with van der Waals surface area (Å²) in [5.74, 6) is -1.38. The van der Waals surface area contributed by atoms with Crippen molar-refractivity contribution in [3.63, 3.8) is 0 Å². The van der Waals surface area contributed by atoms with E-state index in [2.05, 4.69) is 15.2 Å². The van der Waals surface area contributed by atoms with Crippen LogP contribution in [0.4, 0.5) is 5.69 Å². The number of hydrogen-bond acceptors (Lipinski definition) is 4. The van der Waals surface area contributed by atoms with Gasteiger partial charge in [-0.3, -0.25) is 9.59 Å². The molecule has 2 aromatic rings. The van der Waals surface area contributed by atoms with Crippen molar-refractivity contribution in [2.45, 2.75) is 46.1 Å². The van der Waals surface area contributed by atoms with E-state index in [1.807, 2.05) is 45.0 Å². The van der Waals surface area contributed by atoms with E-state index >= 15 is 0 Å². The van der Waals surface area contributed by atoms with Gasteiger partial charge in [0.2, 0.25) is 5.91 Å². The lowest BCUT2D eigenvalue weighted by Crippen LogP contribution is -2.35. The molecule has 154 valence electrons. The lowest BCUT2D eigenvalue weighted by Gasteiger charge is -2.10. The third-order valence-electron chi connectivity index (χ3n) is 5.07. The summed E-state index contributed by atoms with van der Waals surface area (Å²) >= 11 is 0. The molecule has 1 fully saturated rings. The first-order chi connectivity index (χ1) is 13.9. The summed E-state index contributed by atoms with van der Waals surface area (Å²) in [4.78, 5) is 36.4. The number of nitrogens with one attached hydrogen (secondary N) is 2. The second-order valence-electron chi connectivity index (χ2n) is 7.30. The number of carbonyl (C=O) groups excluding carboxylic acids is 3. The van der Waals surface area contributed by atoms with Gasteiger partial charge < -0.3 is 19.9 Å². The zero-order valence-electron chi connectivity index (χ0n) is 17.1. The van der Waals surface area contributed by atoms with Crippen LogP contribution in [0.1, 0.15) is 53.1 Å². The molecule has 0 radical (unpaired) electrons. The van der Waals surface area contributed by atoms with Crippen molar-refractivity contribution in [2.75, 3.05) is 18.5 Å². The topological polar surface area (TPSA) is 89.4 Å². The van der Waals surface area contributed by atoms with Gasteiger partial charge in [0.25, 0.3) is 5.91 Å². The maximum Gasteiger partial charge on any atom is 0.340 e. The first kappa shape index (κ1) is 20.6. The van der Waals surface area contributed by atoms with Gasteiger partial charge in [-0.1, -0.05) is 25.1 Å². The highest BCUT2D eigenvalue weighted by Gasteiger charge is 2.28. The Morgan fingerprint density at radius 1 is 1.14 bits per heavy atom. The predicted molar refractivity (Wildman–Crippen MR) is 110 cm³/mol. The molecule has 0 bridgehead atoms. The highest BCUT2D eigenvalue weighted by atomic mass is 16.5. The third-order valence-corrected chi connectivity index (χ3v) is 5.07. The molecule has 1 aromatic carbocycles. The van der Waals surface area contributed by atoms with Crippen molar-refractivity contribution in [3.05, 3.63) is 52.8 Å². The minimum Gasteiger partial charge on any atom is -0.452 e. The van der Waals surface area contributed by atoms with Crippen LogP contribution in [-0.2, 0) is 20.7 Å². The number of amides is 2. The van der Waals surface area contributed by atoms with Crippen molar-refractivity contribution in [1.29, 1.82) is 0 Å². The first-order valence-corrected chi connectivity index (χ1v) is 9.90. The molecule has 2 amide bonds. The van der Waals surface area contributed by atoms with Crippen LogP contribution >= 0.6 is 0 Å². The highest BCUT2D eigenvalue weighted by molar-refractivity contribution is 5.96. The second-order valence-corrected chi connectivity index (χ2v) is 7.30. The summed E-state index contributed by atoms with van der Waals surface area (Å²) in [6, 6.07) is 9.77. The molecule has 1 heterocycles. The fraction of sp³-hybridized carbons (Fsp3) is 0.409. The van der Waals surface area contributed by atoms with Crippen molar-refractivity contribution < 1.29 is 19.1 Å². The number of benzene rings is 1. The van der Waals surface area contributed by atoms with Crippen LogP contribution in [0, 0.1) is 13.8 Å². The number of aromatic nitrogens is 1. The van der Waals surface area contributed by atoms with E-state index in [9.17, 15) is 14.4 Å². The minimum atomic E-state index is -0.526. The van der Waals surface area contributed by atoms with Crippen molar-refractivity contribution >= 4 is 23.5 Å². The number of aryl methyl sites for hydroxylation is 2. The van der Waals surface area contributed by atoms with E-state index < -0.39 is 18.5 Å². The molecule has 7 nitrogen and oxygen atoms in total. The number of esters is 1. The summed E-state index contributed by atoms with van der Waals surface area (Å²) < 4.78 is 7.28. The van der Waals surface area contributed by atoms with Gasteiger partial charge in [-0.2, -0.15) is 0 Å². The molecular weight excluding hydrogens is 370 g/mol. The third kappa shape index (κ3) is 5.04. The summed E-state index contributed by atoms with van der Waals surface area (Å²) in [6.45, 7) is 5.24. The Bertz CT molecular complexity index is 928. The Balaban J connectivity index is 1.46. The van der Waals surface area contributed by atoms with Gasteiger partial charge in [0.05, 0.1) is 12.1 Å². The molecule has 0 aliphatic heterocycles. The van der Waals surface area contributed by atoms with Crippen LogP contribution in [-0.4, -0.2) is 35.5 Å². The van der Waals surface area contributed by atoms with E-state index in [1.54, 1.807) is 6.07 Å². The van der Waals surface area contributed by atoms with Crippen LogP contribution in [0.3, 0.4) is 0 Å². The first-order valence-electron chi connectivity index (χ1n) is 9.90. The van der Waals surface area contributed by atoms with Gasteiger partial charge in [0.1, 0.15) is 0 Å². The summed E-state index contributed by atoms with van der Waals surface area (Å²) in [5, 5.41) is 5.25. The van der Waals surface area contributed by atoms with Gasteiger partial charge >= 0.3 is 5.97 Å². The maximum absolute atomic E-state index is 12.3. The average molecular weight is 397 g/mol. The number of nitrogens with zero attached hydrogens (tertiary/aromatic N) is 1. The summed E-state index contributed by atoms with van der Waals surface area (Å²) in [6.07, 6.45) is 3.04.